The van der Waals surface area contributed by atoms with Crippen LogP contribution in [0.4, 0.5) is 5.13 Å². The molecule has 126 valence electrons. The van der Waals surface area contributed by atoms with Crippen LogP contribution in [0.2, 0.25) is 0 Å². The van der Waals surface area contributed by atoms with E-state index in [1.54, 1.807) is 11.3 Å². The molecule has 4 rings (SSSR count). The molecular formula is C21H20N2OS. The van der Waals surface area contributed by atoms with Crippen LogP contribution in [0, 0.1) is 0 Å². The molecular weight excluding hydrogens is 328 g/mol. The average Bonchev–Trinajstić information content (AvgIpc) is 3.05. The van der Waals surface area contributed by atoms with Crippen molar-refractivity contribution in [1.29, 1.82) is 0 Å². The molecule has 0 saturated carbocycles. The highest BCUT2D eigenvalue weighted by molar-refractivity contribution is 7.15. The third-order valence-corrected chi connectivity index (χ3v) is 5.59. The standard InChI is InChI=1S/C21H20N2OS/c24-20(23-21-22-18-8-4-5-9-19(18)25-21)14-15-10-12-17(13-11-15)16-6-2-1-3-7-16/h1-3,6-7,10-13H,4-5,8-9,14H2,(H,22,23,24). The van der Waals surface area contributed by atoms with Gasteiger partial charge in [0.25, 0.3) is 0 Å². The highest BCUT2D eigenvalue weighted by Crippen LogP contribution is 2.29. The first-order valence-electron chi connectivity index (χ1n) is 8.71. The lowest BCUT2D eigenvalue weighted by Crippen LogP contribution is -2.14. The third-order valence-electron chi connectivity index (χ3n) is 4.52. The molecule has 1 aliphatic carbocycles. The molecule has 2 aromatic carbocycles. The number of aryl methyl sites for hydroxylation is 2. The van der Waals surface area contributed by atoms with Gasteiger partial charge >= 0.3 is 0 Å². The number of rotatable bonds is 4. The Bertz CT molecular complexity index is 845. The smallest absolute Gasteiger partial charge is 0.230 e. The number of nitrogens with one attached hydrogen (secondary N) is 1. The molecule has 0 aliphatic heterocycles. The van der Waals surface area contributed by atoms with Gasteiger partial charge in [0.15, 0.2) is 5.13 Å². The van der Waals surface area contributed by atoms with Gasteiger partial charge in [-0.15, -0.1) is 11.3 Å². The van der Waals surface area contributed by atoms with E-state index in [1.165, 1.54) is 29.0 Å². The molecule has 1 amide bonds. The van der Waals surface area contributed by atoms with Crippen molar-refractivity contribution in [3.8, 4) is 11.1 Å². The molecule has 0 unspecified atom stereocenters. The van der Waals surface area contributed by atoms with Crippen molar-refractivity contribution in [2.75, 3.05) is 5.32 Å². The van der Waals surface area contributed by atoms with Gasteiger partial charge < -0.3 is 5.32 Å². The molecule has 0 fully saturated rings. The largest absolute Gasteiger partial charge is 0.302 e. The zero-order chi connectivity index (χ0) is 17.1. The summed E-state index contributed by atoms with van der Waals surface area (Å²) in [4.78, 5) is 18.2. The van der Waals surface area contributed by atoms with E-state index in [0.717, 1.165) is 29.1 Å². The summed E-state index contributed by atoms with van der Waals surface area (Å²) in [6, 6.07) is 18.4. The first-order chi connectivity index (χ1) is 12.3. The topological polar surface area (TPSA) is 42.0 Å². The quantitative estimate of drug-likeness (QED) is 0.731. The van der Waals surface area contributed by atoms with Crippen molar-refractivity contribution in [3.63, 3.8) is 0 Å². The molecule has 0 atom stereocenters. The molecule has 1 aromatic heterocycles. The number of thiazole rings is 1. The molecule has 0 radical (unpaired) electrons. The Labute approximate surface area is 151 Å². The predicted molar refractivity (Wildman–Crippen MR) is 103 cm³/mol. The van der Waals surface area contributed by atoms with Crippen LogP contribution in [0.3, 0.4) is 0 Å². The minimum Gasteiger partial charge on any atom is -0.302 e. The summed E-state index contributed by atoms with van der Waals surface area (Å²) >= 11 is 1.63. The number of aromatic nitrogens is 1. The lowest BCUT2D eigenvalue weighted by molar-refractivity contribution is -0.115. The Hall–Kier alpha value is -2.46. The number of hydrogen-bond donors (Lipinski definition) is 1. The van der Waals surface area contributed by atoms with Gasteiger partial charge in [0.05, 0.1) is 12.1 Å². The van der Waals surface area contributed by atoms with Crippen molar-refractivity contribution in [2.45, 2.75) is 32.1 Å². The van der Waals surface area contributed by atoms with Gasteiger partial charge in [0.2, 0.25) is 5.91 Å². The molecule has 0 saturated heterocycles. The van der Waals surface area contributed by atoms with Gasteiger partial charge in [-0.25, -0.2) is 4.98 Å². The summed E-state index contributed by atoms with van der Waals surface area (Å²) in [5.41, 5.74) is 4.54. The Kier molecular flexibility index (Phi) is 4.61. The van der Waals surface area contributed by atoms with Crippen LogP contribution in [0.5, 0.6) is 0 Å². The molecule has 0 spiro atoms. The molecule has 3 aromatic rings. The monoisotopic (exact) mass is 348 g/mol. The van der Waals surface area contributed by atoms with E-state index >= 15 is 0 Å². The van der Waals surface area contributed by atoms with Gasteiger partial charge in [-0.1, -0.05) is 54.6 Å². The summed E-state index contributed by atoms with van der Waals surface area (Å²) in [5, 5.41) is 3.71. The van der Waals surface area contributed by atoms with Gasteiger partial charge in [-0.2, -0.15) is 0 Å². The molecule has 1 heterocycles. The lowest BCUT2D eigenvalue weighted by Gasteiger charge is -2.06. The summed E-state index contributed by atoms with van der Waals surface area (Å²) in [7, 11) is 0. The van der Waals surface area contributed by atoms with Crippen LogP contribution in [-0.2, 0) is 24.1 Å². The Morgan fingerprint density at radius 3 is 2.44 bits per heavy atom. The van der Waals surface area contributed by atoms with E-state index in [-0.39, 0.29) is 5.91 Å². The fourth-order valence-corrected chi connectivity index (χ4v) is 4.27. The van der Waals surface area contributed by atoms with Crippen molar-refractivity contribution in [1.82, 2.24) is 4.98 Å². The Morgan fingerprint density at radius 2 is 1.68 bits per heavy atom. The number of amides is 1. The van der Waals surface area contributed by atoms with Gasteiger partial charge in [-0.3, -0.25) is 4.79 Å². The molecule has 0 bridgehead atoms. The second-order valence-electron chi connectivity index (χ2n) is 6.38. The number of anilines is 1. The zero-order valence-corrected chi connectivity index (χ0v) is 14.8. The van der Waals surface area contributed by atoms with Crippen molar-refractivity contribution in [3.05, 3.63) is 70.7 Å². The molecule has 3 nitrogen and oxygen atoms in total. The molecule has 1 N–H and O–H groups in total. The SMILES string of the molecule is O=C(Cc1ccc(-c2ccccc2)cc1)Nc1nc2c(s1)CCCC2. The lowest BCUT2D eigenvalue weighted by atomic mass is 10.0. The zero-order valence-electron chi connectivity index (χ0n) is 14.0. The average molecular weight is 348 g/mol. The van der Waals surface area contributed by atoms with E-state index in [4.69, 9.17) is 0 Å². The van der Waals surface area contributed by atoms with Crippen LogP contribution < -0.4 is 5.32 Å². The summed E-state index contributed by atoms with van der Waals surface area (Å²) in [6.07, 6.45) is 4.96. The molecule has 4 heteroatoms. The third kappa shape index (κ3) is 3.80. The van der Waals surface area contributed by atoms with Crippen molar-refractivity contribution >= 4 is 22.4 Å². The van der Waals surface area contributed by atoms with Gasteiger partial charge in [-0.05, 0) is 42.4 Å². The maximum absolute atomic E-state index is 12.3. The van der Waals surface area contributed by atoms with E-state index < -0.39 is 0 Å². The number of benzene rings is 2. The fraction of sp³-hybridized carbons (Fsp3) is 0.238. The maximum atomic E-state index is 12.3. The van der Waals surface area contributed by atoms with E-state index in [2.05, 4.69) is 34.6 Å². The van der Waals surface area contributed by atoms with Crippen LogP contribution in [0.1, 0.15) is 29.0 Å². The minimum absolute atomic E-state index is 0.00134. The van der Waals surface area contributed by atoms with Crippen molar-refractivity contribution in [2.24, 2.45) is 0 Å². The van der Waals surface area contributed by atoms with Crippen LogP contribution in [-0.4, -0.2) is 10.9 Å². The number of carbonyl (C=O) groups excluding carboxylic acids is 1. The first kappa shape index (κ1) is 16.0. The summed E-state index contributed by atoms with van der Waals surface area (Å²) in [5.74, 6) is -0.00134. The number of fused-ring (bicyclic) bond motifs is 1. The maximum Gasteiger partial charge on any atom is 0.230 e. The van der Waals surface area contributed by atoms with Crippen LogP contribution in [0.15, 0.2) is 54.6 Å². The Morgan fingerprint density at radius 1 is 0.960 bits per heavy atom. The summed E-state index contributed by atoms with van der Waals surface area (Å²) in [6.45, 7) is 0. The normalized spacial score (nSPS) is 13.3. The second-order valence-corrected chi connectivity index (χ2v) is 7.47. The van der Waals surface area contributed by atoms with E-state index in [1.807, 2.05) is 30.3 Å². The second kappa shape index (κ2) is 7.19. The number of hydrogen-bond acceptors (Lipinski definition) is 3. The van der Waals surface area contributed by atoms with E-state index in [0.29, 0.717) is 6.42 Å². The van der Waals surface area contributed by atoms with Crippen LogP contribution >= 0.6 is 11.3 Å². The summed E-state index contributed by atoms with van der Waals surface area (Å²) < 4.78 is 0. The number of nitrogens with zero attached hydrogens (tertiary/aromatic N) is 1. The minimum atomic E-state index is -0.00134. The van der Waals surface area contributed by atoms with Gasteiger partial charge in [0.1, 0.15) is 0 Å². The molecule has 25 heavy (non-hydrogen) atoms. The van der Waals surface area contributed by atoms with Crippen molar-refractivity contribution < 1.29 is 4.79 Å². The highest BCUT2D eigenvalue weighted by Gasteiger charge is 2.16. The van der Waals surface area contributed by atoms with E-state index in [9.17, 15) is 4.79 Å². The van der Waals surface area contributed by atoms with Gasteiger partial charge in [0, 0.05) is 4.88 Å². The highest BCUT2D eigenvalue weighted by atomic mass is 32.1. The first-order valence-corrected chi connectivity index (χ1v) is 9.52. The Balaban J connectivity index is 1.40. The fourth-order valence-electron chi connectivity index (χ4n) is 3.20. The number of carbonyl (C=O) groups is 1. The van der Waals surface area contributed by atoms with Crippen LogP contribution in [0.25, 0.3) is 11.1 Å². The predicted octanol–water partition coefficient (Wildman–Crippen LogP) is 4.87. The molecule has 1 aliphatic rings.